The number of hydrogen-bond donors (Lipinski definition) is 2. The van der Waals surface area contributed by atoms with Crippen molar-refractivity contribution in [2.24, 2.45) is 11.7 Å². The molecule has 1 fully saturated rings. The Hall–Kier alpha value is -1.46. The van der Waals surface area contributed by atoms with E-state index in [-0.39, 0.29) is 42.4 Å². The van der Waals surface area contributed by atoms with Crippen LogP contribution < -0.4 is 20.5 Å². The van der Waals surface area contributed by atoms with Crippen LogP contribution in [0.5, 0.6) is 11.5 Å². The molecule has 1 aliphatic rings. The molecule has 0 spiro atoms. The summed E-state index contributed by atoms with van der Waals surface area (Å²) in [5.74, 6) is 1.52. The number of carbonyl (C=O) groups excluding carboxylic acids is 1. The molecular formula is C19H31ClN2O3. The monoisotopic (exact) mass is 370 g/mol. The van der Waals surface area contributed by atoms with Crippen LogP contribution in [0, 0.1) is 5.92 Å². The van der Waals surface area contributed by atoms with Crippen LogP contribution in [0.3, 0.4) is 0 Å². The van der Waals surface area contributed by atoms with Crippen molar-refractivity contribution in [1.29, 1.82) is 0 Å². The molecule has 0 heterocycles. The number of ether oxygens (including phenoxy) is 2. The minimum absolute atomic E-state index is 0. The number of rotatable bonds is 6. The second-order valence-electron chi connectivity index (χ2n) is 6.93. The molecule has 142 valence electrons. The first-order chi connectivity index (χ1) is 11.4. The molecule has 1 saturated carbocycles. The van der Waals surface area contributed by atoms with E-state index in [9.17, 15) is 4.79 Å². The maximum atomic E-state index is 12.5. The number of nitrogens with two attached hydrogens (primary N) is 1. The lowest BCUT2D eigenvalue weighted by molar-refractivity contribution is -0.126. The van der Waals surface area contributed by atoms with E-state index in [0.29, 0.717) is 11.5 Å². The van der Waals surface area contributed by atoms with Gasteiger partial charge in [-0.1, -0.05) is 12.5 Å². The Morgan fingerprint density at radius 1 is 1.24 bits per heavy atom. The minimum Gasteiger partial charge on any atom is -0.493 e. The standard InChI is InChI=1S/C19H30N2O3.ClH/c1-12(2)24-17-9-8-14(11-18(17)23-4)13(3)21-19(22)15-6-5-7-16(20)10-15;/h8-9,11-13,15-16H,5-7,10,20H2,1-4H3,(H,21,22);1H. The zero-order chi connectivity index (χ0) is 17.7. The van der Waals surface area contributed by atoms with E-state index in [2.05, 4.69) is 5.32 Å². The third-order valence-corrected chi connectivity index (χ3v) is 4.49. The van der Waals surface area contributed by atoms with Crippen molar-refractivity contribution in [2.75, 3.05) is 7.11 Å². The Kier molecular flexibility index (Phi) is 8.53. The lowest BCUT2D eigenvalue weighted by Gasteiger charge is -2.27. The van der Waals surface area contributed by atoms with Crippen LogP contribution in [0.1, 0.15) is 58.1 Å². The van der Waals surface area contributed by atoms with Gasteiger partial charge in [0.25, 0.3) is 0 Å². The van der Waals surface area contributed by atoms with Gasteiger partial charge in [0.15, 0.2) is 11.5 Å². The van der Waals surface area contributed by atoms with Gasteiger partial charge in [-0.2, -0.15) is 0 Å². The van der Waals surface area contributed by atoms with Gasteiger partial charge in [0, 0.05) is 12.0 Å². The molecule has 0 aliphatic heterocycles. The van der Waals surface area contributed by atoms with E-state index >= 15 is 0 Å². The number of hydrogen-bond acceptors (Lipinski definition) is 4. The summed E-state index contributed by atoms with van der Waals surface area (Å²) in [6, 6.07) is 5.86. The summed E-state index contributed by atoms with van der Waals surface area (Å²) >= 11 is 0. The number of carbonyl (C=O) groups is 1. The normalized spacial score (nSPS) is 21.2. The van der Waals surface area contributed by atoms with Crippen molar-refractivity contribution in [2.45, 2.75) is 64.6 Å². The molecule has 1 amide bonds. The summed E-state index contributed by atoms with van der Waals surface area (Å²) in [5.41, 5.74) is 6.99. The fourth-order valence-electron chi connectivity index (χ4n) is 3.19. The summed E-state index contributed by atoms with van der Waals surface area (Å²) in [7, 11) is 1.62. The van der Waals surface area contributed by atoms with Crippen LogP contribution in [-0.2, 0) is 4.79 Å². The van der Waals surface area contributed by atoms with E-state index in [0.717, 1.165) is 31.2 Å². The molecule has 3 unspecified atom stereocenters. The molecule has 0 aromatic heterocycles. The first-order valence-electron chi connectivity index (χ1n) is 8.81. The van der Waals surface area contributed by atoms with Crippen molar-refractivity contribution in [3.63, 3.8) is 0 Å². The molecule has 0 radical (unpaired) electrons. The van der Waals surface area contributed by atoms with Gasteiger partial charge in [0.2, 0.25) is 5.91 Å². The highest BCUT2D eigenvalue weighted by Gasteiger charge is 2.26. The molecule has 1 aromatic rings. The Labute approximate surface area is 157 Å². The summed E-state index contributed by atoms with van der Waals surface area (Å²) in [5, 5.41) is 3.11. The molecule has 25 heavy (non-hydrogen) atoms. The Morgan fingerprint density at radius 3 is 2.56 bits per heavy atom. The number of nitrogens with one attached hydrogen (secondary N) is 1. The van der Waals surface area contributed by atoms with E-state index in [1.165, 1.54) is 0 Å². The zero-order valence-electron chi connectivity index (χ0n) is 15.6. The molecular weight excluding hydrogens is 340 g/mol. The van der Waals surface area contributed by atoms with Crippen molar-refractivity contribution in [3.05, 3.63) is 23.8 Å². The summed E-state index contributed by atoms with van der Waals surface area (Å²) in [6.45, 7) is 5.94. The highest BCUT2D eigenvalue weighted by Crippen LogP contribution is 2.31. The number of benzene rings is 1. The molecule has 1 aliphatic carbocycles. The van der Waals surface area contributed by atoms with Gasteiger partial charge in [-0.05, 0) is 57.7 Å². The predicted molar refractivity (Wildman–Crippen MR) is 102 cm³/mol. The molecule has 2 rings (SSSR count). The average Bonchev–Trinajstić information content (AvgIpc) is 2.54. The van der Waals surface area contributed by atoms with Crippen LogP contribution in [0.4, 0.5) is 0 Å². The zero-order valence-corrected chi connectivity index (χ0v) is 16.4. The van der Waals surface area contributed by atoms with Crippen molar-refractivity contribution in [3.8, 4) is 11.5 Å². The van der Waals surface area contributed by atoms with Gasteiger partial charge >= 0.3 is 0 Å². The maximum Gasteiger partial charge on any atom is 0.223 e. The smallest absolute Gasteiger partial charge is 0.223 e. The highest BCUT2D eigenvalue weighted by molar-refractivity contribution is 5.85. The van der Waals surface area contributed by atoms with Gasteiger partial charge in [-0.25, -0.2) is 0 Å². The number of methoxy groups -OCH3 is 1. The van der Waals surface area contributed by atoms with Crippen LogP contribution in [0.15, 0.2) is 18.2 Å². The molecule has 3 atom stereocenters. The molecule has 1 aromatic carbocycles. The maximum absolute atomic E-state index is 12.5. The lowest BCUT2D eigenvalue weighted by Crippen LogP contribution is -2.38. The fourth-order valence-corrected chi connectivity index (χ4v) is 3.19. The third-order valence-electron chi connectivity index (χ3n) is 4.49. The van der Waals surface area contributed by atoms with Crippen LogP contribution in [0.2, 0.25) is 0 Å². The number of halogens is 1. The molecule has 0 bridgehead atoms. The van der Waals surface area contributed by atoms with E-state index in [4.69, 9.17) is 15.2 Å². The molecule has 6 heteroatoms. The van der Waals surface area contributed by atoms with Crippen LogP contribution in [0.25, 0.3) is 0 Å². The predicted octanol–water partition coefficient (Wildman–Crippen LogP) is 3.60. The Morgan fingerprint density at radius 2 is 1.96 bits per heavy atom. The van der Waals surface area contributed by atoms with Crippen molar-refractivity contribution >= 4 is 18.3 Å². The Balaban J connectivity index is 0.00000312. The molecule has 3 N–H and O–H groups in total. The fraction of sp³-hybridized carbons (Fsp3) is 0.632. The summed E-state index contributed by atoms with van der Waals surface area (Å²) in [6.07, 6.45) is 3.84. The van der Waals surface area contributed by atoms with Gasteiger partial charge in [0.1, 0.15) is 0 Å². The minimum atomic E-state index is -0.0855. The van der Waals surface area contributed by atoms with Gasteiger partial charge in [0.05, 0.1) is 19.3 Å². The van der Waals surface area contributed by atoms with Crippen molar-refractivity contribution in [1.82, 2.24) is 5.32 Å². The quantitative estimate of drug-likeness (QED) is 0.802. The van der Waals surface area contributed by atoms with E-state index in [1.807, 2.05) is 39.0 Å². The Bertz CT molecular complexity index is 566. The summed E-state index contributed by atoms with van der Waals surface area (Å²) in [4.78, 5) is 12.5. The lowest BCUT2D eigenvalue weighted by atomic mass is 9.85. The molecule has 0 saturated heterocycles. The SMILES string of the molecule is COc1cc(C(C)NC(=O)C2CCCC(N)C2)ccc1OC(C)C.Cl. The van der Waals surface area contributed by atoms with Gasteiger partial charge in [-0.3, -0.25) is 4.79 Å². The van der Waals surface area contributed by atoms with Gasteiger partial charge in [-0.15, -0.1) is 12.4 Å². The first kappa shape index (κ1) is 21.6. The first-order valence-corrected chi connectivity index (χ1v) is 8.81. The molecule has 5 nitrogen and oxygen atoms in total. The number of amides is 1. The average molecular weight is 371 g/mol. The second-order valence-corrected chi connectivity index (χ2v) is 6.93. The van der Waals surface area contributed by atoms with Gasteiger partial charge < -0.3 is 20.5 Å². The van der Waals surface area contributed by atoms with Crippen LogP contribution in [-0.4, -0.2) is 25.2 Å². The highest BCUT2D eigenvalue weighted by atomic mass is 35.5. The van der Waals surface area contributed by atoms with E-state index in [1.54, 1.807) is 7.11 Å². The largest absolute Gasteiger partial charge is 0.493 e. The van der Waals surface area contributed by atoms with Crippen LogP contribution >= 0.6 is 12.4 Å². The van der Waals surface area contributed by atoms with E-state index < -0.39 is 0 Å². The second kappa shape index (κ2) is 9.88. The van der Waals surface area contributed by atoms with Crippen molar-refractivity contribution < 1.29 is 14.3 Å². The third kappa shape index (κ3) is 6.08. The summed E-state index contributed by atoms with van der Waals surface area (Å²) < 4.78 is 11.2. The topological polar surface area (TPSA) is 73.6 Å².